The Labute approximate surface area is 99.0 Å². The molecule has 5 atom stereocenters. The van der Waals surface area contributed by atoms with Crippen LogP contribution in [0.25, 0.3) is 0 Å². The topological polar surface area (TPSA) is 17.1 Å². The van der Waals surface area contributed by atoms with Crippen molar-refractivity contribution in [3.63, 3.8) is 0 Å². The van der Waals surface area contributed by atoms with Crippen LogP contribution in [0.15, 0.2) is 0 Å². The quantitative estimate of drug-likeness (QED) is 0.659. The van der Waals surface area contributed by atoms with Crippen molar-refractivity contribution in [1.82, 2.24) is 0 Å². The van der Waals surface area contributed by atoms with E-state index in [0.29, 0.717) is 11.7 Å². The first kappa shape index (κ1) is 10.8. The van der Waals surface area contributed by atoms with Gasteiger partial charge in [0.05, 0.1) is 0 Å². The first-order chi connectivity index (χ1) is 7.38. The van der Waals surface area contributed by atoms with Crippen molar-refractivity contribution in [3.05, 3.63) is 0 Å². The molecule has 4 aliphatic rings. The Kier molecular flexibility index (Phi) is 1.97. The Bertz CT molecular complexity index is 345. The van der Waals surface area contributed by atoms with E-state index < -0.39 is 0 Å². The summed E-state index contributed by atoms with van der Waals surface area (Å²) in [5.74, 6) is 3.73. The molecule has 0 unspecified atom stereocenters. The van der Waals surface area contributed by atoms with E-state index in [1.807, 2.05) is 0 Å². The monoisotopic (exact) mass is 220 g/mol. The highest BCUT2D eigenvalue weighted by Gasteiger charge is 2.66. The van der Waals surface area contributed by atoms with Crippen molar-refractivity contribution in [2.45, 2.75) is 53.4 Å². The third-order valence-electron chi connectivity index (χ3n) is 6.16. The van der Waals surface area contributed by atoms with E-state index in [1.165, 1.54) is 19.3 Å². The van der Waals surface area contributed by atoms with Crippen LogP contribution in [0, 0.1) is 34.5 Å². The number of hydrogen-bond acceptors (Lipinski definition) is 1. The summed E-state index contributed by atoms with van der Waals surface area (Å²) >= 11 is 0. The minimum absolute atomic E-state index is 0.0395. The highest BCUT2D eigenvalue weighted by molar-refractivity contribution is 5.92. The fourth-order valence-electron chi connectivity index (χ4n) is 5.37. The number of fused-ring (bicyclic) bond motifs is 1. The average molecular weight is 220 g/mol. The van der Waals surface area contributed by atoms with Gasteiger partial charge in [0.2, 0.25) is 0 Å². The molecule has 0 aromatic carbocycles. The Hall–Kier alpha value is -0.330. The van der Waals surface area contributed by atoms with Crippen LogP contribution in [-0.2, 0) is 4.79 Å². The predicted octanol–water partition coefficient (Wildman–Crippen LogP) is 3.67. The van der Waals surface area contributed by atoms with Crippen LogP contribution in [0.2, 0.25) is 0 Å². The first-order valence-corrected chi connectivity index (χ1v) is 6.93. The van der Waals surface area contributed by atoms with E-state index in [0.717, 1.165) is 24.2 Å². The summed E-state index contributed by atoms with van der Waals surface area (Å²) in [7, 11) is 0. The molecule has 0 aliphatic heterocycles. The molecule has 4 fully saturated rings. The zero-order valence-electron chi connectivity index (χ0n) is 11.0. The lowest BCUT2D eigenvalue weighted by Crippen LogP contribution is -2.53. The second-order valence-electron chi connectivity index (χ2n) is 7.43. The van der Waals surface area contributed by atoms with Gasteiger partial charge in [0.1, 0.15) is 5.78 Å². The molecule has 4 bridgehead atoms. The molecule has 4 rings (SSSR count). The number of carbonyl (C=O) groups is 1. The number of Topliss-reactive ketones (excluding diaryl/α,β-unsaturated/α-hetero) is 1. The third kappa shape index (κ3) is 1.05. The second kappa shape index (κ2) is 2.91. The van der Waals surface area contributed by atoms with Gasteiger partial charge in [0.25, 0.3) is 0 Å². The van der Waals surface area contributed by atoms with E-state index in [2.05, 4.69) is 27.7 Å². The SMILES string of the molecule is CC(C)[C@H]1C[C@@]2(C)C(=O)[C@]3(C)CC[C@@H]2[C@H]1C3. The van der Waals surface area contributed by atoms with Crippen LogP contribution in [-0.4, -0.2) is 5.78 Å². The molecule has 0 saturated heterocycles. The molecule has 0 radical (unpaired) electrons. The molecule has 1 nitrogen and oxygen atoms in total. The van der Waals surface area contributed by atoms with E-state index in [1.54, 1.807) is 0 Å². The highest BCUT2D eigenvalue weighted by Crippen LogP contribution is 2.68. The molecule has 16 heavy (non-hydrogen) atoms. The van der Waals surface area contributed by atoms with Crippen molar-refractivity contribution in [2.75, 3.05) is 0 Å². The predicted molar refractivity (Wildman–Crippen MR) is 65.0 cm³/mol. The highest BCUT2D eigenvalue weighted by atomic mass is 16.1. The number of hydrogen-bond donors (Lipinski definition) is 0. The van der Waals surface area contributed by atoms with Crippen LogP contribution >= 0.6 is 0 Å². The van der Waals surface area contributed by atoms with Gasteiger partial charge in [-0.05, 0) is 49.4 Å². The molecule has 1 heteroatoms. The molecule has 90 valence electrons. The molecule has 0 amide bonds. The average Bonchev–Trinajstić information content (AvgIpc) is 2.47. The molecule has 0 N–H and O–H groups in total. The Morgan fingerprint density at radius 1 is 1.25 bits per heavy atom. The van der Waals surface area contributed by atoms with E-state index in [-0.39, 0.29) is 10.8 Å². The molecule has 0 spiro atoms. The largest absolute Gasteiger partial charge is 0.298 e. The van der Waals surface area contributed by atoms with Gasteiger partial charge in [-0.25, -0.2) is 0 Å². The summed E-state index contributed by atoms with van der Waals surface area (Å²) in [5, 5.41) is 0. The summed E-state index contributed by atoms with van der Waals surface area (Å²) < 4.78 is 0. The van der Waals surface area contributed by atoms with Crippen molar-refractivity contribution >= 4 is 5.78 Å². The zero-order chi connectivity index (χ0) is 11.7. The van der Waals surface area contributed by atoms with Gasteiger partial charge in [-0.3, -0.25) is 4.79 Å². The van der Waals surface area contributed by atoms with E-state index in [4.69, 9.17) is 0 Å². The number of ketones is 1. The Morgan fingerprint density at radius 3 is 2.56 bits per heavy atom. The fourth-order valence-corrected chi connectivity index (χ4v) is 5.37. The molecule has 4 aliphatic carbocycles. The van der Waals surface area contributed by atoms with Crippen LogP contribution in [0.4, 0.5) is 0 Å². The zero-order valence-corrected chi connectivity index (χ0v) is 11.0. The van der Waals surface area contributed by atoms with Crippen LogP contribution < -0.4 is 0 Å². The lowest BCUT2D eigenvalue weighted by Gasteiger charge is -2.53. The summed E-state index contributed by atoms with van der Waals surface area (Å²) in [5.41, 5.74) is 0.0860. The molecule has 0 aromatic heterocycles. The summed E-state index contributed by atoms with van der Waals surface area (Å²) in [6.07, 6.45) is 4.84. The summed E-state index contributed by atoms with van der Waals surface area (Å²) in [6, 6.07) is 0. The van der Waals surface area contributed by atoms with Gasteiger partial charge in [0.15, 0.2) is 0 Å². The van der Waals surface area contributed by atoms with Crippen LogP contribution in [0.1, 0.15) is 53.4 Å². The molecule has 4 saturated carbocycles. The minimum Gasteiger partial charge on any atom is -0.298 e. The van der Waals surface area contributed by atoms with Gasteiger partial charge in [-0.2, -0.15) is 0 Å². The Morgan fingerprint density at radius 2 is 1.94 bits per heavy atom. The smallest absolute Gasteiger partial charge is 0.144 e. The lowest BCUT2D eigenvalue weighted by atomic mass is 9.50. The maximum absolute atomic E-state index is 12.7. The van der Waals surface area contributed by atoms with Crippen molar-refractivity contribution in [3.8, 4) is 0 Å². The van der Waals surface area contributed by atoms with Crippen molar-refractivity contribution < 1.29 is 4.79 Å². The second-order valence-corrected chi connectivity index (χ2v) is 7.43. The normalized spacial score (nSPS) is 55.1. The van der Waals surface area contributed by atoms with Crippen LogP contribution in [0.3, 0.4) is 0 Å². The number of carbonyl (C=O) groups excluding carboxylic acids is 1. The molecule has 0 heterocycles. The molecule has 0 aromatic rings. The Balaban J connectivity index is 2.05. The summed E-state index contributed by atoms with van der Waals surface area (Å²) in [4.78, 5) is 12.7. The van der Waals surface area contributed by atoms with Crippen molar-refractivity contribution in [2.24, 2.45) is 34.5 Å². The number of rotatable bonds is 1. The van der Waals surface area contributed by atoms with Gasteiger partial charge < -0.3 is 0 Å². The van der Waals surface area contributed by atoms with Gasteiger partial charge >= 0.3 is 0 Å². The summed E-state index contributed by atoms with van der Waals surface area (Å²) in [6.45, 7) is 9.19. The van der Waals surface area contributed by atoms with E-state index >= 15 is 0 Å². The minimum atomic E-state index is 0.0395. The van der Waals surface area contributed by atoms with Gasteiger partial charge in [-0.15, -0.1) is 0 Å². The third-order valence-corrected chi connectivity index (χ3v) is 6.16. The van der Waals surface area contributed by atoms with Crippen molar-refractivity contribution in [1.29, 1.82) is 0 Å². The van der Waals surface area contributed by atoms with Crippen LogP contribution in [0.5, 0.6) is 0 Å². The maximum atomic E-state index is 12.7. The molecular weight excluding hydrogens is 196 g/mol. The standard InChI is InChI=1S/C15H24O/c1-9(2)10-8-15(4)12-5-6-14(3,13(15)16)7-11(10)12/h9-12H,5-8H2,1-4H3/t10-,11+,12-,14-,15-/m1/s1. The van der Waals surface area contributed by atoms with Gasteiger partial charge in [-0.1, -0.05) is 27.7 Å². The fraction of sp³-hybridized carbons (Fsp3) is 0.933. The van der Waals surface area contributed by atoms with Gasteiger partial charge in [0, 0.05) is 10.8 Å². The maximum Gasteiger partial charge on any atom is 0.144 e. The van der Waals surface area contributed by atoms with E-state index in [9.17, 15) is 4.79 Å². The first-order valence-electron chi connectivity index (χ1n) is 6.93. The lowest BCUT2D eigenvalue weighted by molar-refractivity contribution is -0.154. The molecular formula is C15H24O.